The average molecular weight is 391 g/mol. The summed E-state index contributed by atoms with van der Waals surface area (Å²) in [4.78, 5) is 12.4. The minimum absolute atomic E-state index is 0.0742. The van der Waals surface area contributed by atoms with Crippen LogP contribution in [0.3, 0.4) is 0 Å². The number of fused-ring (bicyclic) bond motifs is 1. The lowest BCUT2D eigenvalue weighted by Gasteiger charge is -2.53. The van der Waals surface area contributed by atoms with Gasteiger partial charge in [0.1, 0.15) is 6.10 Å². The van der Waals surface area contributed by atoms with Crippen molar-refractivity contribution in [2.75, 3.05) is 5.32 Å². The van der Waals surface area contributed by atoms with E-state index >= 15 is 0 Å². The molecule has 4 fully saturated rings. The fourth-order valence-corrected chi connectivity index (χ4v) is 5.66. The summed E-state index contributed by atoms with van der Waals surface area (Å²) in [6, 6.07) is 5.60. The molecule has 1 amide bonds. The highest BCUT2D eigenvalue weighted by Gasteiger charge is 2.50. The normalized spacial score (nSPS) is 33.8. The first-order valence-electron chi connectivity index (χ1n) is 8.68. The van der Waals surface area contributed by atoms with E-state index in [1.165, 1.54) is 32.1 Å². The number of carbonyl (C=O) groups excluding carboxylic acids is 1. The van der Waals surface area contributed by atoms with Crippen molar-refractivity contribution in [1.82, 2.24) is 5.16 Å². The van der Waals surface area contributed by atoms with Crippen LogP contribution >= 0.6 is 15.9 Å². The van der Waals surface area contributed by atoms with Crippen LogP contribution in [0.4, 0.5) is 10.6 Å². The summed E-state index contributed by atoms with van der Waals surface area (Å²) in [5, 5.41) is 7.49. The summed E-state index contributed by atoms with van der Waals surface area (Å²) >= 11 is 3.39. The van der Waals surface area contributed by atoms with Crippen molar-refractivity contribution in [3.63, 3.8) is 0 Å². The molecule has 4 saturated carbocycles. The van der Waals surface area contributed by atoms with E-state index in [-0.39, 0.29) is 6.10 Å². The van der Waals surface area contributed by atoms with E-state index in [1.807, 2.05) is 18.2 Å². The van der Waals surface area contributed by atoms with Crippen molar-refractivity contribution in [2.45, 2.75) is 38.2 Å². The minimum atomic E-state index is -0.411. The minimum Gasteiger partial charge on any atom is -0.445 e. The maximum Gasteiger partial charge on any atom is 0.413 e. The van der Waals surface area contributed by atoms with Crippen LogP contribution < -0.4 is 5.32 Å². The zero-order valence-corrected chi connectivity index (χ0v) is 14.8. The van der Waals surface area contributed by atoms with Crippen molar-refractivity contribution >= 4 is 38.8 Å². The molecule has 5 nitrogen and oxygen atoms in total. The van der Waals surface area contributed by atoms with Crippen LogP contribution in [0.5, 0.6) is 0 Å². The number of hydrogen-bond acceptors (Lipinski definition) is 4. The molecule has 4 aliphatic rings. The number of hydrogen-bond donors (Lipinski definition) is 1. The smallest absolute Gasteiger partial charge is 0.413 e. The highest BCUT2D eigenvalue weighted by atomic mass is 79.9. The second-order valence-corrected chi connectivity index (χ2v) is 8.51. The summed E-state index contributed by atoms with van der Waals surface area (Å²) in [5.74, 6) is 3.27. The predicted octanol–water partition coefficient (Wildman–Crippen LogP) is 4.96. The van der Waals surface area contributed by atoms with E-state index in [1.54, 1.807) is 0 Å². The Morgan fingerprint density at radius 3 is 2.58 bits per heavy atom. The molecular formula is C18H19BrN2O3. The summed E-state index contributed by atoms with van der Waals surface area (Å²) in [7, 11) is 0. The van der Waals surface area contributed by atoms with Crippen LogP contribution in [0.25, 0.3) is 11.0 Å². The number of nitrogens with zero attached hydrogens (tertiary/aromatic N) is 1. The summed E-state index contributed by atoms with van der Waals surface area (Å²) in [6.07, 6.45) is 5.97. The Morgan fingerprint density at radius 1 is 1.17 bits per heavy atom. The standard InChI is InChI=1S/C18H19BrN2O3/c19-13-1-2-14-15(8-13)24-21-17(14)20-18(22)23-16-11-4-9-3-10(6-11)7-12(16)5-9/h1-2,8-12,16H,3-7H2,(H,20,21,22). The zero-order valence-electron chi connectivity index (χ0n) is 13.2. The number of anilines is 1. The Labute approximate surface area is 148 Å². The topological polar surface area (TPSA) is 64.4 Å². The molecular weight excluding hydrogens is 372 g/mol. The van der Waals surface area contributed by atoms with E-state index in [0.717, 1.165) is 21.7 Å². The zero-order chi connectivity index (χ0) is 16.3. The van der Waals surface area contributed by atoms with Gasteiger partial charge in [-0.05, 0) is 74.0 Å². The summed E-state index contributed by atoms with van der Waals surface area (Å²) in [6.45, 7) is 0. The number of amides is 1. The van der Waals surface area contributed by atoms with Crippen LogP contribution in [-0.4, -0.2) is 17.4 Å². The second-order valence-electron chi connectivity index (χ2n) is 7.60. The van der Waals surface area contributed by atoms with Crippen LogP contribution in [0.1, 0.15) is 32.1 Å². The quantitative estimate of drug-likeness (QED) is 0.786. The van der Waals surface area contributed by atoms with Crippen molar-refractivity contribution in [1.29, 1.82) is 0 Å². The van der Waals surface area contributed by atoms with Gasteiger partial charge >= 0.3 is 6.09 Å². The average Bonchev–Trinajstić information content (AvgIpc) is 2.92. The lowest BCUT2D eigenvalue weighted by molar-refractivity contribution is -0.0934. The second kappa shape index (κ2) is 5.48. The Morgan fingerprint density at radius 2 is 1.88 bits per heavy atom. The summed E-state index contributed by atoms with van der Waals surface area (Å²) in [5.41, 5.74) is 0.634. The van der Waals surface area contributed by atoms with E-state index in [4.69, 9.17) is 9.26 Å². The monoisotopic (exact) mass is 390 g/mol. The van der Waals surface area contributed by atoms with E-state index in [2.05, 4.69) is 26.4 Å². The van der Waals surface area contributed by atoms with Gasteiger partial charge in [0.25, 0.3) is 0 Å². The van der Waals surface area contributed by atoms with Crippen LogP contribution in [0.2, 0.25) is 0 Å². The fraction of sp³-hybridized carbons (Fsp3) is 0.556. The Hall–Kier alpha value is -1.56. The first-order chi connectivity index (χ1) is 11.7. The molecule has 1 aromatic heterocycles. The SMILES string of the molecule is O=C(Nc1noc2cc(Br)ccc12)OC1C2CC3CC(C2)CC1C3. The Bertz CT molecular complexity index is 775. The van der Waals surface area contributed by atoms with Crippen molar-refractivity contribution < 1.29 is 14.1 Å². The molecule has 0 aliphatic heterocycles. The maximum absolute atomic E-state index is 12.4. The maximum atomic E-state index is 12.4. The van der Waals surface area contributed by atoms with Crippen molar-refractivity contribution in [3.05, 3.63) is 22.7 Å². The molecule has 6 rings (SSSR count). The highest BCUT2D eigenvalue weighted by Crippen LogP contribution is 2.54. The first-order valence-corrected chi connectivity index (χ1v) is 9.47. The third-order valence-electron chi connectivity index (χ3n) is 6.04. The fourth-order valence-electron chi connectivity index (χ4n) is 5.32. The molecule has 0 saturated heterocycles. The van der Waals surface area contributed by atoms with Gasteiger partial charge in [-0.15, -0.1) is 0 Å². The number of halogens is 1. The molecule has 1 heterocycles. The van der Waals surface area contributed by atoms with Crippen LogP contribution in [0.15, 0.2) is 27.2 Å². The molecule has 0 spiro atoms. The molecule has 4 bridgehead atoms. The lowest BCUT2D eigenvalue weighted by Crippen LogP contribution is -2.50. The van der Waals surface area contributed by atoms with Crippen LogP contribution in [-0.2, 0) is 4.74 Å². The van der Waals surface area contributed by atoms with Gasteiger partial charge in [-0.3, -0.25) is 5.32 Å². The molecule has 1 N–H and O–H groups in total. The number of rotatable bonds is 2. The molecule has 4 aliphatic carbocycles. The van der Waals surface area contributed by atoms with Crippen LogP contribution in [0, 0.1) is 23.7 Å². The Kier molecular flexibility index (Phi) is 3.37. The number of benzene rings is 1. The van der Waals surface area contributed by atoms with Gasteiger partial charge < -0.3 is 9.26 Å². The van der Waals surface area contributed by atoms with E-state index in [0.29, 0.717) is 23.2 Å². The highest BCUT2D eigenvalue weighted by molar-refractivity contribution is 9.10. The van der Waals surface area contributed by atoms with Gasteiger partial charge in [0.15, 0.2) is 11.4 Å². The first kappa shape index (κ1) is 14.8. The van der Waals surface area contributed by atoms with E-state index < -0.39 is 6.09 Å². The van der Waals surface area contributed by atoms with Gasteiger partial charge in [-0.2, -0.15) is 0 Å². The molecule has 1 aromatic carbocycles. The molecule has 24 heavy (non-hydrogen) atoms. The molecule has 2 aromatic rings. The number of nitrogens with one attached hydrogen (secondary N) is 1. The van der Waals surface area contributed by atoms with Gasteiger partial charge in [0, 0.05) is 4.47 Å². The van der Waals surface area contributed by atoms with Crippen molar-refractivity contribution in [2.24, 2.45) is 23.7 Å². The molecule has 0 atom stereocenters. The lowest BCUT2D eigenvalue weighted by atomic mass is 9.55. The third-order valence-corrected chi connectivity index (χ3v) is 6.53. The number of aromatic nitrogens is 1. The molecule has 0 radical (unpaired) electrons. The molecule has 0 unspecified atom stereocenters. The van der Waals surface area contributed by atoms with Gasteiger partial charge in [-0.1, -0.05) is 21.1 Å². The molecule has 6 heteroatoms. The predicted molar refractivity (Wildman–Crippen MR) is 92.6 cm³/mol. The summed E-state index contributed by atoms with van der Waals surface area (Å²) < 4.78 is 12.0. The van der Waals surface area contributed by atoms with E-state index in [9.17, 15) is 4.79 Å². The third kappa shape index (κ3) is 2.42. The van der Waals surface area contributed by atoms with Crippen molar-refractivity contribution in [3.8, 4) is 0 Å². The van der Waals surface area contributed by atoms with Gasteiger partial charge in [-0.25, -0.2) is 4.79 Å². The van der Waals surface area contributed by atoms with Gasteiger partial charge in [0.2, 0.25) is 0 Å². The molecule has 126 valence electrons. The van der Waals surface area contributed by atoms with Gasteiger partial charge in [0.05, 0.1) is 5.39 Å². The number of ether oxygens (including phenoxy) is 1. The Balaban J connectivity index is 1.30. The largest absolute Gasteiger partial charge is 0.445 e. The number of carbonyl (C=O) groups is 1.